The Morgan fingerprint density at radius 1 is 1.21 bits per heavy atom. The number of hydrogen-bond acceptors (Lipinski definition) is 2. The molecule has 2 heteroatoms. The van der Waals surface area contributed by atoms with Crippen LogP contribution in [-0.2, 0) is 4.79 Å². The van der Waals surface area contributed by atoms with Crippen molar-refractivity contribution in [1.82, 2.24) is 0 Å². The van der Waals surface area contributed by atoms with Crippen molar-refractivity contribution in [2.75, 3.05) is 6.61 Å². The van der Waals surface area contributed by atoms with Gasteiger partial charge in [0.1, 0.15) is 11.5 Å². The van der Waals surface area contributed by atoms with Crippen LogP contribution in [-0.4, -0.2) is 12.4 Å². The lowest BCUT2D eigenvalue weighted by Crippen LogP contribution is -2.21. The molecule has 0 bridgehead atoms. The van der Waals surface area contributed by atoms with Gasteiger partial charge in [-0.2, -0.15) is 0 Å². The van der Waals surface area contributed by atoms with E-state index in [1.54, 1.807) is 0 Å². The molecule has 14 heavy (non-hydrogen) atoms. The van der Waals surface area contributed by atoms with Gasteiger partial charge in [0.05, 0.1) is 6.61 Å². The second-order valence-corrected chi connectivity index (χ2v) is 4.16. The van der Waals surface area contributed by atoms with Gasteiger partial charge in [0, 0.05) is 24.7 Å². The molecule has 1 aromatic rings. The molecule has 0 radical (unpaired) electrons. The first-order chi connectivity index (χ1) is 6.84. The van der Waals surface area contributed by atoms with Crippen LogP contribution in [0.3, 0.4) is 0 Å². The molecule has 0 unspecified atom stereocenters. The number of carbonyl (C=O) groups excluding carboxylic acids is 1. The number of carbonyl (C=O) groups is 1. The summed E-state index contributed by atoms with van der Waals surface area (Å²) < 4.78 is 5.63. The van der Waals surface area contributed by atoms with Gasteiger partial charge in [-0.05, 0) is 11.6 Å². The normalized spacial score (nSPS) is 29.3. The monoisotopic (exact) mass is 188 g/mol. The SMILES string of the molecule is O=C1C[C@H]2COc3ccccc3[C@H]2C1. The molecule has 2 aliphatic rings. The summed E-state index contributed by atoms with van der Waals surface area (Å²) in [6, 6.07) is 8.09. The van der Waals surface area contributed by atoms with Crippen LogP contribution in [0.25, 0.3) is 0 Å². The molecule has 1 heterocycles. The van der Waals surface area contributed by atoms with Gasteiger partial charge in [0.25, 0.3) is 0 Å². The molecule has 0 spiro atoms. The number of ether oxygens (including phenoxy) is 1. The topological polar surface area (TPSA) is 26.3 Å². The first-order valence-electron chi connectivity index (χ1n) is 5.08. The Hall–Kier alpha value is -1.31. The summed E-state index contributed by atoms with van der Waals surface area (Å²) in [6.07, 6.45) is 1.42. The fourth-order valence-corrected chi connectivity index (χ4v) is 2.58. The summed E-state index contributed by atoms with van der Waals surface area (Å²) in [7, 11) is 0. The van der Waals surface area contributed by atoms with E-state index in [4.69, 9.17) is 4.74 Å². The fraction of sp³-hybridized carbons (Fsp3) is 0.417. The van der Waals surface area contributed by atoms with Crippen molar-refractivity contribution in [2.24, 2.45) is 5.92 Å². The third-order valence-corrected chi connectivity index (χ3v) is 3.28. The van der Waals surface area contributed by atoms with Crippen LogP contribution in [0.15, 0.2) is 24.3 Å². The first kappa shape index (κ1) is 8.04. The van der Waals surface area contributed by atoms with Crippen molar-refractivity contribution in [3.63, 3.8) is 0 Å². The zero-order chi connectivity index (χ0) is 9.54. The minimum absolute atomic E-state index is 0.389. The Bertz CT molecular complexity index is 384. The predicted octanol–water partition coefficient (Wildman–Crippen LogP) is 2.14. The fourth-order valence-electron chi connectivity index (χ4n) is 2.58. The molecule has 0 saturated heterocycles. The Kier molecular flexibility index (Phi) is 1.63. The molecule has 0 aromatic heterocycles. The van der Waals surface area contributed by atoms with Crippen LogP contribution in [0.2, 0.25) is 0 Å². The third kappa shape index (κ3) is 1.07. The summed E-state index contributed by atoms with van der Waals surface area (Å²) in [5, 5.41) is 0. The minimum atomic E-state index is 0.389. The van der Waals surface area contributed by atoms with E-state index < -0.39 is 0 Å². The molecule has 1 aliphatic heterocycles. The van der Waals surface area contributed by atoms with Crippen molar-refractivity contribution in [3.05, 3.63) is 29.8 Å². The van der Waals surface area contributed by atoms with Gasteiger partial charge in [-0.3, -0.25) is 4.79 Å². The van der Waals surface area contributed by atoms with E-state index in [1.807, 2.05) is 18.2 Å². The standard InChI is InChI=1S/C12H12O2/c13-9-5-8-7-14-12-4-2-1-3-10(12)11(8)6-9/h1-4,8,11H,5-7H2/t8-,11-/m0/s1. The van der Waals surface area contributed by atoms with Crippen LogP contribution in [0, 0.1) is 5.92 Å². The summed E-state index contributed by atoms with van der Waals surface area (Å²) >= 11 is 0. The maximum Gasteiger partial charge on any atom is 0.133 e. The van der Waals surface area contributed by atoms with Gasteiger partial charge < -0.3 is 4.74 Å². The molecule has 0 amide bonds. The number of para-hydroxylation sites is 1. The highest BCUT2D eigenvalue weighted by Gasteiger charge is 2.38. The number of ketones is 1. The molecule has 1 fully saturated rings. The zero-order valence-corrected chi connectivity index (χ0v) is 7.90. The molecular formula is C12H12O2. The predicted molar refractivity (Wildman–Crippen MR) is 52.4 cm³/mol. The van der Waals surface area contributed by atoms with Gasteiger partial charge in [-0.1, -0.05) is 18.2 Å². The van der Waals surface area contributed by atoms with Gasteiger partial charge in [-0.15, -0.1) is 0 Å². The van der Waals surface area contributed by atoms with Gasteiger partial charge in [0.2, 0.25) is 0 Å². The van der Waals surface area contributed by atoms with Crippen LogP contribution in [0.1, 0.15) is 24.3 Å². The Labute approximate surface area is 82.9 Å². The van der Waals surface area contributed by atoms with Crippen molar-refractivity contribution in [2.45, 2.75) is 18.8 Å². The highest BCUT2D eigenvalue weighted by molar-refractivity contribution is 5.82. The molecule has 1 aromatic carbocycles. The van der Waals surface area contributed by atoms with E-state index in [2.05, 4.69) is 6.07 Å². The highest BCUT2D eigenvalue weighted by atomic mass is 16.5. The lowest BCUT2D eigenvalue weighted by atomic mass is 9.87. The molecule has 72 valence electrons. The van der Waals surface area contributed by atoms with Crippen molar-refractivity contribution in [3.8, 4) is 5.75 Å². The zero-order valence-electron chi connectivity index (χ0n) is 7.90. The van der Waals surface area contributed by atoms with Gasteiger partial charge in [0.15, 0.2) is 0 Å². The quantitative estimate of drug-likeness (QED) is 0.623. The summed E-state index contributed by atoms with van der Waals surface area (Å²) in [5.41, 5.74) is 1.23. The van der Waals surface area contributed by atoms with Crippen LogP contribution in [0.5, 0.6) is 5.75 Å². The smallest absolute Gasteiger partial charge is 0.133 e. The van der Waals surface area contributed by atoms with Crippen molar-refractivity contribution in [1.29, 1.82) is 0 Å². The molecule has 2 atom stereocenters. The summed E-state index contributed by atoms with van der Waals surface area (Å²) in [4.78, 5) is 11.4. The Morgan fingerprint density at radius 3 is 3.00 bits per heavy atom. The first-order valence-corrected chi connectivity index (χ1v) is 5.08. The minimum Gasteiger partial charge on any atom is -0.493 e. The number of rotatable bonds is 0. The average Bonchev–Trinajstić information content (AvgIpc) is 2.59. The van der Waals surface area contributed by atoms with E-state index in [1.165, 1.54) is 5.56 Å². The molecule has 2 nitrogen and oxygen atoms in total. The average molecular weight is 188 g/mol. The molecule has 0 N–H and O–H groups in total. The number of Topliss-reactive ketones (excluding diaryl/α,β-unsaturated/α-hetero) is 1. The Morgan fingerprint density at radius 2 is 2.07 bits per heavy atom. The number of fused-ring (bicyclic) bond motifs is 3. The molecule has 3 rings (SSSR count). The second kappa shape index (κ2) is 2.84. The van der Waals surface area contributed by atoms with Crippen LogP contribution in [0.4, 0.5) is 0 Å². The largest absolute Gasteiger partial charge is 0.493 e. The second-order valence-electron chi connectivity index (χ2n) is 4.16. The Balaban J connectivity index is 2.05. The van der Waals surface area contributed by atoms with Crippen LogP contribution < -0.4 is 4.74 Å². The van der Waals surface area contributed by atoms with Crippen molar-refractivity contribution < 1.29 is 9.53 Å². The number of benzene rings is 1. The lowest BCUT2D eigenvalue weighted by molar-refractivity contribution is -0.117. The van der Waals surface area contributed by atoms with E-state index >= 15 is 0 Å². The van der Waals surface area contributed by atoms with Crippen LogP contribution >= 0.6 is 0 Å². The van der Waals surface area contributed by atoms with Gasteiger partial charge in [-0.25, -0.2) is 0 Å². The van der Waals surface area contributed by atoms with E-state index in [0.29, 0.717) is 37.1 Å². The van der Waals surface area contributed by atoms with E-state index in [-0.39, 0.29) is 0 Å². The molecule has 1 aliphatic carbocycles. The highest BCUT2D eigenvalue weighted by Crippen LogP contribution is 2.44. The van der Waals surface area contributed by atoms with E-state index in [0.717, 1.165) is 5.75 Å². The van der Waals surface area contributed by atoms with Crippen molar-refractivity contribution >= 4 is 5.78 Å². The lowest BCUT2D eigenvalue weighted by Gasteiger charge is -2.27. The van der Waals surface area contributed by atoms with E-state index in [9.17, 15) is 4.79 Å². The van der Waals surface area contributed by atoms with Gasteiger partial charge >= 0.3 is 0 Å². The maximum atomic E-state index is 11.4. The number of hydrogen-bond donors (Lipinski definition) is 0. The third-order valence-electron chi connectivity index (χ3n) is 3.28. The molecule has 1 saturated carbocycles. The molecular weight excluding hydrogens is 176 g/mol. The summed E-state index contributed by atoms with van der Waals surface area (Å²) in [6.45, 7) is 0.716. The summed E-state index contributed by atoms with van der Waals surface area (Å²) in [5.74, 6) is 2.22. The maximum absolute atomic E-state index is 11.4.